The van der Waals surface area contributed by atoms with Crippen LogP contribution in [0.5, 0.6) is 0 Å². The molecule has 2 aromatic carbocycles. The quantitative estimate of drug-likeness (QED) is 0.519. The van der Waals surface area contributed by atoms with Crippen molar-refractivity contribution >= 4 is 45.7 Å². The van der Waals surface area contributed by atoms with Gasteiger partial charge < -0.3 is 19.3 Å². The monoisotopic (exact) mass is 413 g/mol. The number of aromatic nitrogens is 3. The number of nitrogens with one attached hydrogen (secondary N) is 1. The first-order chi connectivity index (χ1) is 13.7. The molecule has 3 heterocycles. The highest BCUT2D eigenvalue weighted by molar-refractivity contribution is 6.42. The summed E-state index contributed by atoms with van der Waals surface area (Å²) < 4.78 is 5.51. The van der Waals surface area contributed by atoms with Gasteiger partial charge in [-0.15, -0.1) is 0 Å². The Balaban J connectivity index is 1.30. The van der Waals surface area contributed by atoms with E-state index in [0.717, 1.165) is 48.3 Å². The van der Waals surface area contributed by atoms with Crippen LogP contribution in [0.25, 0.3) is 22.4 Å². The largest absolute Gasteiger partial charge is 0.368 e. The molecule has 0 aliphatic carbocycles. The number of benzene rings is 2. The third kappa shape index (κ3) is 3.19. The fourth-order valence-electron chi connectivity index (χ4n) is 3.49. The summed E-state index contributed by atoms with van der Waals surface area (Å²) >= 11 is 12.2. The minimum Gasteiger partial charge on any atom is -0.368 e. The second kappa shape index (κ2) is 7.04. The van der Waals surface area contributed by atoms with Crippen LogP contribution in [0.4, 0.5) is 11.6 Å². The van der Waals surface area contributed by atoms with Crippen molar-refractivity contribution in [3.63, 3.8) is 0 Å². The van der Waals surface area contributed by atoms with E-state index in [1.54, 1.807) is 0 Å². The normalized spacial score (nSPS) is 14.8. The molecule has 142 valence electrons. The lowest BCUT2D eigenvalue weighted by Gasteiger charge is -2.35. The van der Waals surface area contributed by atoms with Gasteiger partial charge in [0.1, 0.15) is 0 Å². The van der Waals surface area contributed by atoms with E-state index in [9.17, 15) is 0 Å². The summed E-state index contributed by atoms with van der Waals surface area (Å²) in [6.07, 6.45) is 1.92. The van der Waals surface area contributed by atoms with Gasteiger partial charge in [-0.2, -0.15) is 4.98 Å². The second-order valence-corrected chi connectivity index (χ2v) is 7.57. The van der Waals surface area contributed by atoms with Gasteiger partial charge in [-0.05, 0) is 47.6 Å². The van der Waals surface area contributed by atoms with E-state index < -0.39 is 0 Å². The fourth-order valence-corrected chi connectivity index (χ4v) is 3.79. The van der Waals surface area contributed by atoms with Crippen molar-refractivity contribution < 1.29 is 4.52 Å². The van der Waals surface area contributed by atoms with Gasteiger partial charge >= 0.3 is 0 Å². The zero-order valence-electron chi connectivity index (χ0n) is 14.9. The van der Waals surface area contributed by atoms with Crippen LogP contribution in [0.2, 0.25) is 10.0 Å². The molecule has 5 rings (SSSR count). The Kier molecular flexibility index (Phi) is 4.37. The smallest absolute Gasteiger partial charge is 0.266 e. The van der Waals surface area contributed by atoms with Gasteiger partial charge in [-0.3, -0.25) is 0 Å². The molecule has 8 heteroatoms. The highest BCUT2D eigenvalue weighted by atomic mass is 35.5. The Hall–Kier alpha value is -2.70. The molecule has 0 saturated carbocycles. The average Bonchev–Trinajstić information content (AvgIpc) is 3.39. The van der Waals surface area contributed by atoms with E-state index in [4.69, 9.17) is 27.7 Å². The fraction of sp³-hybridized carbons (Fsp3) is 0.200. The standard InChI is InChI=1S/C20H17Cl2N5O/c21-16-3-2-15(12-17(16)22)26-7-9-27(10-8-26)20-24-19(28-25-20)14-1-4-18-13(11-14)5-6-23-18/h1-6,11-12,23H,7-10H2. The number of halogens is 2. The van der Waals surface area contributed by atoms with Crippen molar-refractivity contribution in [2.75, 3.05) is 36.0 Å². The maximum Gasteiger partial charge on any atom is 0.266 e. The predicted octanol–water partition coefficient (Wildman–Crippen LogP) is 4.85. The maximum absolute atomic E-state index is 6.14. The van der Waals surface area contributed by atoms with E-state index >= 15 is 0 Å². The molecule has 0 radical (unpaired) electrons. The molecule has 2 aromatic heterocycles. The summed E-state index contributed by atoms with van der Waals surface area (Å²) in [6.45, 7) is 3.29. The number of aromatic amines is 1. The molecule has 0 unspecified atom stereocenters. The lowest BCUT2D eigenvalue weighted by Crippen LogP contribution is -2.47. The van der Waals surface area contributed by atoms with E-state index in [1.165, 1.54) is 0 Å². The van der Waals surface area contributed by atoms with Crippen LogP contribution >= 0.6 is 23.2 Å². The molecule has 0 bridgehead atoms. The molecule has 1 fully saturated rings. The Morgan fingerprint density at radius 2 is 1.71 bits per heavy atom. The van der Waals surface area contributed by atoms with Crippen LogP contribution in [0.3, 0.4) is 0 Å². The van der Waals surface area contributed by atoms with Crippen molar-refractivity contribution in [1.29, 1.82) is 0 Å². The lowest BCUT2D eigenvalue weighted by atomic mass is 10.1. The van der Waals surface area contributed by atoms with Gasteiger partial charge in [0.25, 0.3) is 11.8 Å². The average molecular weight is 414 g/mol. The number of H-pyrrole nitrogens is 1. The van der Waals surface area contributed by atoms with Crippen LogP contribution in [-0.2, 0) is 0 Å². The van der Waals surface area contributed by atoms with E-state index in [2.05, 4.69) is 24.9 Å². The lowest BCUT2D eigenvalue weighted by molar-refractivity contribution is 0.428. The first-order valence-electron chi connectivity index (χ1n) is 9.03. The van der Waals surface area contributed by atoms with Crippen molar-refractivity contribution in [2.24, 2.45) is 0 Å². The minimum atomic E-state index is 0.532. The molecule has 1 N–H and O–H groups in total. The first kappa shape index (κ1) is 17.4. The molecule has 4 aromatic rings. The highest BCUT2D eigenvalue weighted by Crippen LogP contribution is 2.29. The molecule has 0 atom stereocenters. The molecule has 0 spiro atoms. The van der Waals surface area contributed by atoms with Gasteiger partial charge in [0.2, 0.25) is 0 Å². The van der Waals surface area contributed by atoms with Crippen LogP contribution in [0, 0.1) is 0 Å². The number of piperazine rings is 1. The Morgan fingerprint density at radius 3 is 2.54 bits per heavy atom. The molecular weight excluding hydrogens is 397 g/mol. The number of nitrogens with zero attached hydrogens (tertiary/aromatic N) is 4. The van der Waals surface area contributed by atoms with E-state index in [1.807, 2.05) is 48.7 Å². The van der Waals surface area contributed by atoms with Crippen LogP contribution < -0.4 is 9.80 Å². The van der Waals surface area contributed by atoms with Crippen LogP contribution in [0.15, 0.2) is 53.2 Å². The molecule has 6 nitrogen and oxygen atoms in total. The molecule has 0 amide bonds. The summed E-state index contributed by atoms with van der Waals surface area (Å²) in [6, 6.07) is 13.8. The molecule has 1 aliphatic rings. The minimum absolute atomic E-state index is 0.532. The Labute approximate surface area is 171 Å². The summed E-state index contributed by atoms with van der Waals surface area (Å²) in [5, 5.41) is 6.44. The van der Waals surface area contributed by atoms with Crippen molar-refractivity contribution in [3.05, 3.63) is 58.7 Å². The molecule has 28 heavy (non-hydrogen) atoms. The number of anilines is 2. The third-order valence-corrected chi connectivity index (χ3v) is 5.79. The Morgan fingerprint density at radius 1 is 0.893 bits per heavy atom. The number of hydrogen-bond donors (Lipinski definition) is 1. The van der Waals surface area contributed by atoms with Crippen molar-refractivity contribution in [2.45, 2.75) is 0 Å². The van der Waals surface area contributed by atoms with Crippen molar-refractivity contribution in [3.8, 4) is 11.5 Å². The topological polar surface area (TPSA) is 61.2 Å². The van der Waals surface area contributed by atoms with Gasteiger partial charge in [-0.1, -0.05) is 23.2 Å². The number of fused-ring (bicyclic) bond motifs is 1. The summed E-state index contributed by atoms with van der Waals surface area (Å²) in [5.41, 5.74) is 3.07. The molecular formula is C20H17Cl2N5O. The molecule has 1 saturated heterocycles. The zero-order chi connectivity index (χ0) is 19.1. The van der Waals surface area contributed by atoms with E-state index in [0.29, 0.717) is 21.9 Å². The Bertz CT molecular complexity index is 1130. The SMILES string of the molecule is Clc1ccc(N2CCN(c3noc(-c4ccc5[nH]ccc5c4)n3)CC2)cc1Cl. The van der Waals surface area contributed by atoms with E-state index in [-0.39, 0.29) is 0 Å². The first-order valence-corrected chi connectivity index (χ1v) is 9.79. The van der Waals surface area contributed by atoms with Gasteiger partial charge in [0, 0.05) is 54.5 Å². The highest BCUT2D eigenvalue weighted by Gasteiger charge is 2.22. The number of hydrogen-bond acceptors (Lipinski definition) is 5. The van der Waals surface area contributed by atoms with Gasteiger partial charge in [-0.25, -0.2) is 0 Å². The summed E-state index contributed by atoms with van der Waals surface area (Å²) in [5.74, 6) is 1.16. The summed E-state index contributed by atoms with van der Waals surface area (Å²) in [7, 11) is 0. The van der Waals surface area contributed by atoms with Gasteiger partial charge in [0.15, 0.2) is 0 Å². The zero-order valence-corrected chi connectivity index (χ0v) is 16.4. The third-order valence-electron chi connectivity index (χ3n) is 5.05. The second-order valence-electron chi connectivity index (χ2n) is 6.75. The maximum atomic E-state index is 6.14. The van der Waals surface area contributed by atoms with Crippen LogP contribution in [0.1, 0.15) is 0 Å². The van der Waals surface area contributed by atoms with Gasteiger partial charge in [0.05, 0.1) is 10.0 Å². The number of rotatable bonds is 3. The van der Waals surface area contributed by atoms with Crippen LogP contribution in [-0.4, -0.2) is 41.3 Å². The summed E-state index contributed by atoms with van der Waals surface area (Å²) in [4.78, 5) is 12.2. The predicted molar refractivity (Wildman–Crippen MR) is 112 cm³/mol. The molecule has 1 aliphatic heterocycles. The van der Waals surface area contributed by atoms with Crippen molar-refractivity contribution in [1.82, 2.24) is 15.1 Å².